The number of esters is 1. The summed E-state index contributed by atoms with van der Waals surface area (Å²) in [4.78, 5) is 120. The zero-order valence-electron chi connectivity index (χ0n) is 45.9. The molecule has 2 bridgehead atoms. The molecule has 2 heterocycles. The van der Waals surface area contributed by atoms with Gasteiger partial charge in [0.05, 0.1) is 0 Å². The van der Waals surface area contributed by atoms with Crippen LogP contribution in [0.3, 0.4) is 0 Å². The van der Waals surface area contributed by atoms with Gasteiger partial charge in [-0.25, -0.2) is 8.98 Å². The number of rotatable bonds is 20. The number of aryl methyl sites for hydroxylation is 2. The number of aliphatic hydroxyl groups is 1. The number of nitrogens with zero attached hydrogens (tertiary/aromatic N) is 2. The van der Waals surface area contributed by atoms with Crippen molar-refractivity contribution >= 4 is 57.7 Å². The van der Waals surface area contributed by atoms with Crippen molar-refractivity contribution in [2.75, 3.05) is 20.8 Å². The summed E-state index contributed by atoms with van der Waals surface area (Å²) in [6.07, 6.45) is -4.74. The normalized spacial score (nSPS) is 24.3. The molecule has 2 saturated heterocycles. The summed E-state index contributed by atoms with van der Waals surface area (Å²) in [5.41, 5.74) is 1.82. The lowest BCUT2D eigenvalue weighted by Crippen LogP contribution is -2.66. The zero-order chi connectivity index (χ0) is 59.0. The Morgan fingerprint density at radius 3 is 1.95 bits per heavy atom. The number of phenolic OH excluding ortho intramolecular Hbond substituents is 2. The number of aliphatic hydroxyl groups excluding tert-OH is 1. The Labute approximate surface area is 465 Å². The monoisotopic (exact) mass is 1140 g/mol. The Kier molecular flexibility index (Phi) is 23.3. The molecule has 9 N–H and O–H groups in total. The van der Waals surface area contributed by atoms with Gasteiger partial charge in [-0.1, -0.05) is 95.1 Å². The number of cyclic esters (lactones) is 1. The van der Waals surface area contributed by atoms with Gasteiger partial charge >= 0.3 is 16.4 Å². The van der Waals surface area contributed by atoms with Gasteiger partial charge in [-0.2, -0.15) is 8.42 Å². The highest BCUT2D eigenvalue weighted by molar-refractivity contribution is 7.80. The fraction of sp³-hybridized carbons (Fsp3) is 0.527. The van der Waals surface area contributed by atoms with Crippen molar-refractivity contribution in [1.82, 2.24) is 36.4 Å². The van der Waals surface area contributed by atoms with E-state index in [1.807, 2.05) is 0 Å². The lowest BCUT2D eigenvalue weighted by Gasteiger charge is -2.44. The van der Waals surface area contributed by atoms with Gasteiger partial charge < -0.3 is 61.2 Å². The predicted octanol–water partition coefficient (Wildman–Crippen LogP) is 1.34. The van der Waals surface area contributed by atoms with E-state index in [2.05, 4.69) is 30.8 Å². The van der Waals surface area contributed by atoms with Crippen molar-refractivity contribution in [2.45, 2.75) is 153 Å². The Morgan fingerprint density at radius 1 is 0.775 bits per heavy atom. The van der Waals surface area contributed by atoms with Crippen molar-refractivity contribution in [3.8, 4) is 11.5 Å². The van der Waals surface area contributed by atoms with E-state index in [0.29, 0.717) is 23.1 Å². The molecule has 2 aliphatic rings. The van der Waals surface area contributed by atoms with E-state index in [-0.39, 0.29) is 62.9 Å². The molecule has 3 aromatic rings. The number of methoxy groups -OCH3 is 1. The van der Waals surface area contributed by atoms with Gasteiger partial charge in [0, 0.05) is 20.6 Å². The third kappa shape index (κ3) is 17.7. The molecule has 0 saturated carbocycles. The van der Waals surface area contributed by atoms with Crippen molar-refractivity contribution in [3.63, 3.8) is 0 Å². The van der Waals surface area contributed by atoms with E-state index in [4.69, 9.17) is 9.47 Å². The molecule has 0 unspecified atom stereocenters. The topological polar surface area (TPSA) is 346 Å². The molecule has 0 aliphatic carbocycles. The molecule has 0 radical (unpaired) electrons. The van der Waals surface area contributed by atoms with E-state index in [1.54, 1.807) is 82.3 Å². The number of phenols is 2. The fourth-order valence-corrected chi connectivity index (χ4v) is 9.70. The van der Waals surface area contributed by atoms with Gasteiger partial charge in [-0.3, -0.25) is 38.1 Å². The molecule has 0 aromatic heterocycles. The Morgan fingerprint density at radius 2 is 1.38 bits per heavy atom. The number of piperidine rings is 1. The van der Waals surface area contributed by atoms with Crippen LogP contribution >= 0.6 is 0 Å². The summed E-state index contributed by atoms with van der Waals surface area (Å²) < 4.78 is 47.5. The van der Waals surface area contributed by atoms with Crippen LogP contribution < -0.4 is 26.6 Å². The second-order valence-electron chi connectivity index (χ2n) is 20.3. The number of hydrogen-bond acceptors (Lipinski definition) is 16. The quantitative estimate of drug-likeness (QED) is 0.0569. The third-order valence-electron chi connectivity index (χ3n) is 14.7. The van der Waals surface area contributed by atoms with Crippen molar-refractivity contribution in [3.05, 3.63) is 95.6 Å². The molecule has 3 aromatic carbocycles. The number of aromatic hydroxyl groups is 2. The first-order valence-electron chi connectivity index (χ1n) is 26.6. The van der Waals surface area contributed by atoms with Crippen LogP contribution in [0, 0.1) is 11.8 Å². The van der Waals surface area contributed by atoms with Crippen LogP contribution in [0.2, 0.25) is 0 Å². The van der Waals surface area contributed by atoms with E-state index in [0.717, 1.165) is 12.0 Å². The molecule has 24 nitrogen and oxygen atoms in total. The highest BCUT2D eigenvalue weighted by atomic mass is 32.3. The molecule has 80 heavy (non-hydrogen) atoms. The van der Waals surface area contributed by atoms with E-state index in [1.165, 1.54) is 43.1 Å². The van der Waals surface area contributed by atoms with Crippen molar-refractivity contribution in [1.29, 1.82) is 0 Å². The molecule has 2 fully saturated rings. The number of amides is 7. The summed E-state index contributed by atoms with van der Waals surface area (Å²) >= 11 is 0. The SMILES string of the molecule is CC[C@H](C)[C@@H]1NC(=O)[C@H](Cc2ccccc2)N(C)C(=O)[C@H]([C@@H](C)CC)N2C(=O)[C@H](CC[C@H]2O)NC(=O)[C@H](CCc2ccc(O)cc2)NC(=O)[C@@H](NC(=O)[C@@H](CCc2ccc(O)cc2)NC(=O)[C@@H](COS(=O)(=O)O)OC)[C@@H](C)OC1=O. The van der Waals surface area contributed by atoms with Gasteiger partial charge in [0.1, 0.15) is 72.7 Å². The second kappa shape index (κ2) is 29.3. The molecule has 25 heteroatoms. The standard InChI is InChI=1S/C55H75N7O17S/c1-8-31(3)45-55(73)79-33(5)46(60-49(67)40(26-20-35-17-23-38(64)24-18-35)56-51(69)43(77-7)30-78-80(74,75)76)52(70)57-39(25-19-34-15-21-37(63)22-16-34)48(66)58-41-27-28-44(65)62(53(41)71)47(32(4)9-2)54(72)61(6)42(50(68)59-45)29-36-13-11-10-12-14-36/h10-18,21-24,31-33,39-47,63-65H,8-9,19-20,25-30H2,1-7H3,(H,56,69)(H,57,70)(H,58,66)(H,59,68)(H,60,67)(H,74,75,76)/t31-,32-,33+,39-,40+,41-,42-,43+,44+,45-,46-,47-/m0/s1. The van der Waals surface area contributed by atoms with Crippen molar-refractivity contribution in [2.24, 2.45) is 11.8 Å². The number of nitrogens with one attached hydrogen (secondary N) is 5. The first-order chi connectivity index (χ1) is 37.8. The van der Waals surface area contributed by atoms with E-state index >= 15 is 9.59 Å². The number of ether oxygens (including phenoxy) is 2. The Bertz CT molecular complexity index is 2740. The highest BCUT2D eigenvalue weighted by Crippen LogP contribution is 2.28. The zero-order valence-corrected chi connectivity index (χ0v) is 46.7. The largest absolute Gasteiger partial charge is 0.508 e. The van der Waals surface area contributed by atoms with Gasteiger partial charge in [0.2, 0.25) is 35.4 Å². The molecule has 12 atom stereocenters. The molecular formula is C55H75N7O17S. The average Bonchev–Trinajstić information content (AvgIpc) is 3.44. The number of hydrogen-bond donors (Lipinski definition) is 9. The summed E-state index contributed by atoms with van der Waals surface area (Å²) in [7, 11) is -2.64. The lowest BCUT2D eigenvalue weighted by atomic mass is 9.91. The minimum absolute atomic E-state index is 0.0414. The number of carbonyl (C=O) groups excluding carboxylic acids is 8. The smallest absolute Gasteiger partial charge is 0.397 e. The summed E-state index contributed by atoms with van der Waals surface area (Å²) in [6, 6.07) is 10.1. The molecule has 438 valence electrons. The van der Waals surface area contributed by atoms with Gasteiger partial charge in [0.15, 0.2) is 6.10 Å². The van der Waals surface area contributed by atoms with Crippen LogP contribution in [0.5, 0.6) is 11.5 Å². The van der Waals surface area contributed by atoms with E-state index < -0.39 is 137 Å². The molecule has 7 amide bonds. The first-order valence-corrected chi connectivity index (χ1v) is 28.0. The molecule has 0 spiro atoms. The maximum Gasteiger partial charge on any atom is 0.397 e. The molecule has 5 rings (SSSR count). The maximum absolute atomic E-state index is 15.1. The number of likely N-dealkylation sites (N-methyl/N-ethyl adjacent to an activating group) is 1. The second-order valence-corrected chi connectivity index (χ2v) is 21.4. The molecule has 2 aliphatic heterocycles. The highest BCUT2D eigenvalue weighted by Gasteiger charge is 2.47. The van der Waals surface area contributed by atoms with Gasteiger partial charge in [-0.15, -0.1) is 0 Å². The van der Waals surface area contributed by atoms with Crippen LogP contribution in [0.25, 0.3) is 0 Å². The molecular weight excluding hydrogens is 1060 g/mol. The first kappa shape index (κ1) is 63.6. The summed E-state index contributed by atoms with van der Waals surface area (Å²) in [6.45, 7) is 7.16. The van der Waals surface area contributed by atoms with Crippen LogP contribution in [0.15, 0.2) is 78.9 Å². The Hall–Kier alpha value is -7.19. The summed E-state index contributed by atoms with van der Waals surface area (Å²) in [5, 5.41) is 44.7. The predicted molar refractivity (Wildman–Crippen MR) is 288 cm³/mol. The summed E-state index contributed by atoms with van der Waals surface area (Å²) in [5.74, 6) is -8.92. The number of fused-ring (bicyclic) bond motifs is 2. The number of carbonyl (C=O) groups is 8. The van der Waals surface area contributed by atoms with Gasteiger partial charge in [0.25, 0.3) is 5.91 Å². The minimum Gasteiger partial charge on any atom is -0.508 e. The van der Waals surface area contributed by atoms with Crippen LogP contribution in [0.4, 0.5) is 0 Å². The minimum atomic E-state index is -5.06. The van der Waals surface area contributed by atoms with Gasteiger partial charge in [-0.05, 0) is 98.2 Å². The van der Waals surface area contributed by atoms with Crippen LogP contribution in [-0.4, -0.2) is 167 Å². The fourth-order valence-electron chi connectivity index (χ4n) is 9.40. The third-order valence-corrected chi connectivity index (χ3v) is 15.1. The van der Waals surface area contributed by atoms with Crippen molar-refractivity contribution < 1.29 is 80.3 Å². The average molecular weight is 1140 g/mol. The Balaban J connectivity index is 1.64. The van der Waals surface area contributed by atoms with Crippen LogP contribution in [0.1, 0.15) is 89.8 Å². The van der Waals surface area contributed by atoms with E-state index in [9.17, 15) is 57.1 Å². The maximum atomic E-state index is 15.1. The number of benzene rings is 3. The van der Waals surface area contributed by atoms with Crippen LogP contribution in [-0.2, 0) is 81.7 Å². The lowest BCUT2D eigenvalue weighted by molar-refractivity contribution is -0.168.